The smallest absolute Gasteiger partial charge is 0.189 e. The fourth-order valence-corrected chi connectivity index (χ4v) is 2.77. The van der Waals surface area contributed by atoms with Crippen LogP contribution in [0.1, 0.15) is 36.0 Å². The zero-order chi connectivity index (χ0) is 12.1. The molecule has 2 rings (SSSR count). The number of ketones is 1. The molecule has 0 atom stereocenters. The molecular weight excluding hydrogens is 280 g/mol. The number of rotatable bonds is 5. The minimum atomic E-state index is 0.0514. The molecule has 0 heterocycles. The summed E-state index contributed by atoms with van der Waals surface area (Å²) < 4.78 is 6.36. The first-order chi connectivity index (χ1) is 8.27. The van der Waals surface area contributed by atoms with Gasteiger partial charge >= 0.3 is 0 Å². The number of carbonyl (C=O) groups is 1. The molecule has 0 bridgehead atoms. The first-order valence-corrected chi connectivity index (χ1v) is 6.92. The van der Waals surface area contributed by atoms with Crippen molar-refractivity contribution >= 4 is 21.7 Å². The molecule has 0 saturated heterocycles. The highest BCUT2D eigenvalue weighted by Crippen LogP contribution is 2.24. The number of hydrogen-bond donors (Lipinski definition) is 0. The van der Waals surface area contributed by atoms with Crippen molar-refractivity contribution in [1.29, 1.82) is 0 Å². The number of hydrogen-bond acceptors (Lipinski definition) is 2. The lowest BCUT2D eigenvalue weighted by Crippen LogP contribution is -2.13. The Morgan fingerprint density at radius 2 is 2.00 bits per heavy atom. The molecule has 1 aromatic rings. The Labute approximate surface area is 110 Å². The van der Waals surface area contributed by atoms with Crippen LogP contribution in [0.25, 0.3) is 0 Å². The van der Waals surface area contributed by atoms with E-state index < -0.39 is 0 Å². The molecule has 17 heavy (non-hydrogen) atoms. The average molecular weight is 297 g/mol. The summed E-state index contributed by atoms with van der Waals surface area (Å²) in [5.74, 6) is 0.720. The highest BCUT2D eigenvalue weighted by atomic mass is 79.9. The summed E-state index contributed by atoms with van der Waals surface area (Å²) in [4.78, 5) is 11.9. The van der Waals surface area contributed by atoms with E-state index in [1.54, 1.807) is 0 Å². The average Bonchev–Trinajstić information content (AvgIpc) is 2.82. The number of benzene rings is 1. The summed E-state index contributed by atoms with van der Waals surface area (Å²) in [5, 5.41) is 0. The van der Waals surface area contributed by atoms with Gasteiger partial charge < -0.3 is 4.74 Å². The van der Waals surface area contributed by atoms with Crippen molar-refractivity contribution in [3.63, 3.8) is 0 Å². The van der Waals surface area contributed by atoms with E-state index in [2.05, 4.69) is 15.9 Å². The van der Waals surface area contributed by atoms with Gasteiger partial charge in [0.2, 0.25) is 0 Å². The molecule has 1 aromatic carbocycles. The molecule has 0 unspecified atom stereocenters. The van der Waals surface area contributed by atoms with Gasteiger partial charge in [0, 0.05) is 10.0 Å². The quantitative estimate of drug-likeness (QED) is 0.772. The number of halogens is 1. The summed E-state index contributed by atoms with van der Waals surface area (Å²) >= 11 is 3.38. The summed E-state index contributed by atoms with van der Waals surface area (Å²) in [5.41, 5.74) is 0.707. The van der Waals surface area contributed by atoms with Gasteiger partial charge in [-0.25, -0.2) is 0 Å². The van der Waals surface area contributed by atoms with Gasteiger partial charge in [-0.3, -0.25) is 4.79 Å². The number of Topliss-reactive ketones (excluding diaryl/α,β-unsaturated/α-hetero) is 1. The molecule has 1 aliphatic carbocycles. The van der Waals surface area contributed by atoms with Gasteiger partial charge in [0.25, 0.3) is 0 Å². The molecule has 0 N–H and O–H groups in total. The second-order valence-electron chi connectivity index (χ2n) is 4.57. The third-order valence-corrected chi connectivity index (χ3v) is 3.93. The Morgan fingerprint density at radius 3 is 2.71 bits per heavy atom. The van der Waals surface area contributed by atoms with Crippen LogP contribution >= 0.6 is 15.9 Å². The van der Waals surface area contributed by atoms with Gasteiger partial charge in [-0.15, -0.1) is 0 Å². The lowest BCUT2D eigenvalue weighted by Gasteiger charge is -2.09. The number of ether oxygens (including phenoxy) is 1. The van der Waals surface area contributed by atoms with Crippen LogP contribution in [0.2, 0.25) is 0 Å². The van der Waals surface area contributed by atoms with E-state index in [1.165, 1.54) is 25.7 Å². The fraction of sp³-hybridized carbons (Fsp3) is 0.500. The van der Waals surface area contributed by atoms with Crippen molar-refractivity contribution in [2.45, 2.75) is 25.7 Å². The van der Waals surface area contributed by atoms with Crippen LogP contribution in [0.4, 0.5) is 0 Å². The Bertz CT molecular complexity index is 384. The van der Waals surface area contributed by atoms with E-state index in [0.717, 1.165) is 11.1 Å². The maximum Gasteiger partial charge on any atom is 0.189 e. The Hall–Kier alpha value is -0.670. The summed E-state index contributed by atoms with van der Waals surface area (Å²) in [6.07, 6.45) is 5.13. The van der Waals surface area contributed by atoms with Gasteiger partial charge in [0.05, 0.1) is 6.61 Å². The molecule has 0 amide bonds. The van der Waals surface area contributed by atoms with Crippen LogP contribution in [0.15, 0.2) is 28.7 Å². The van der Waals surface area contributed by atoms with Crippen LogP contribution < -0.4 is 0 Å². The Balaban J connectivity index is 1.79. The maximum atomic E-state index is 11.9. The van der Waals surface area contributed by atoms with E-state index in [-0.39, 0.29) is 12.4 Å². The Morgan fingerprint density at radius 1 is 1.29 bits per heavy atom. The normalized spacial score (nSPS) is 16.3. The van der Waals surface area contributed by atoms with Crippen molar-refractivity contribution in [2.24, 2.45) is 5.92 Å². The van der Waals surface area contributed by atoms with Gasteiger partial charge in [0.15, 0.2) is 5.78 Å². The topological polar surface area (TPSA) is 26.3 Å². The second kappa shape index (κ2) is 6.31. The summed E-state index contributed by atoms with van der Waals surface area (Å²) in [6.45, 7) is 0.926. The molecule has 2 nitrogen and oxygen atoms in total. The molecular formula is C14H17BrO2. The molecule has 1 aliphatic rings. The van der Waals surface area contributed by atoms with Crippen LogP contribution in [-0.4, -0.2) is 19.0 Å². The third kappa shape index (κ3) is 3.65. The minimum Gasteiger partial charge on any atom is -0.373 e. The molecule has 1 saturated carbocycles. The van der Waals surface area contributed by atoms with Gasteiger partial charge in [-0.2, -0.15) is 0 Å². The van der Waals surface area contributed by atoms with Crippen LogP contribution in [-0.2, 0) is 4.74 Å². The zero-order valence-electron chi connectivity index (χ0n) is 9.82. The highest BCUT2D eigenvalue weighted by Gasteiger charge is 2.16. The molecule has 1 fully saturated rings. The fourth-order valence-electron chi connectivity index (χ4n) is 2.26. The molecule has 0 aromatic heterocycles. The van der Waals surface area contributed by atoms with E-state index >= 15 is 0 Å². The largest absolute Gasteiger partial charge is 0.373 e. The maximum absolute atomic E-state index is 11.9. The predicted octanol–water partition coefficient (Wildman–Crippen LogP) is 3.84. The predicted molar refractivity (Wildman–Crippen MR) is 71.2 cm³/mol. The first-order valence-electron chi connectivity index (χ1n) is 6.13. The van der Waals surface area contributed by atoms with E-state index in [0.29, 0.717) is 11.5 Å². The van der Waals surface area contributed by atoms with Crippen molar-refractivity contribution < 1.29 is 9.53 Å². The monoisotopic (exact) mass is 296 g/mol. The molecule has 0 aliphatic heterocycles. The molecule has 0 radical (unpaired) electrons. The van der Waals surface area contributed by atoms with E-state index in [1.807, 2.05) is 24.3 Å². The van der Waals surface area contributed by atoms with Gasteiger partial charge in [0.1, 0.15) is 6.61 Å². The van der Waals surface area contributed by atoms with E-state index in [9.17, 15) is 4.79 Å². The molecule has 3 heteroatoms. The first kappa shape index (κ1) is 12.8. The Kier molecular flexibility index (Phi) is 4.75. The van der Waals surface area contributed by atoms with Crippen molar-refractivity contribution in [3.05, 3.63) is 34.3 Å². The van der Waals surface area contributed by atoms with Crippen molar-refractivity contribution in [1.82, 2.24) is 0 Å². The van der Waals surface area contributed by atoms with Crippen molar-refractivity contribution in [2.75, 3.05) is 13.2 Å². The van der Waals surface area contributed by atoms with Gasteiger partial charge in [-0.05, 0) is 24.8 Å². The minimum absolute atomic E-state index is 0.0514. The second-order valence-corrected chi connectivity index (χ2v) is 5.42. The third-order valence-electron chi connectivity index (χ3n) is 3.24. The summed E-state index contributed by atoms with van der Waals surface area (Å²) in [7, 11) is 0. The van der Waals surface area contributed by atoms with Crippen LogP contribution in [0.5, 0.6) is 0 Å². The zero-order valence-corrected chi connectivity index (χ0v) is 11.4. The lowest BCUT2D eigenvalue weighted by atomic mass is 10.1. The van der Waals surface area contributed by atoms with E-state index in [4.69, 9.17) is 4.74 Å². The lowest BCUT2D eigenvalue weighted by molar-refractivity contribution is 0.0680. The van der Waals surface area contributed by atoms with Crippen LogP contribution in [0, 0.1) is 5.92 Å². The molecule has 92 valence electrons. The highest BCUT2D eigenvalue weighted by molar-refractivity contribution is 9.10. The van der Waals surface area contributed by atoms with Crippen LogP contribution in [0.3, 0.4) is 0 Å². The summed E-state index contributed by atoms with van der Waals surface area (Å²) in [6, 6.07) is 7.48. The van der Waals surface area contributed by atoms with Gasteiger partial charge in [-0.1, -0.05) is 47.0 Å². The van der Waals surface area contributed by atoms with Crippen molar-refractivity contribution in [3.8, 4) is 0 Å². The SMILES string of the molecule is O=C(COCC1CCCC1)c1ccccc1Br. The number of carbonyl (C=O) groups excluding carboxylic acids is 1. The molecule has 0 spiro atoms. The standard InChI is InChI=1S/C14H17BrO2/c15-13-8-4-3-7-12(13)14(16)10-17-9-11-5-1-2-6-11/h3-4,7-8,11H,1-2,5-6,9-10H2.